The second kappa shape index (κ2) is 5.03. The van der Waals surface area contributed by atoms with Crippen molar-refractivity contribution in [1.82, 2.24) is 0 Å². The number of rotatable bonds is 4. The van der Waals surface area contributed by atoms with E-state index < -0.39 is 12.0 Å². The summed E-state index contributed by atoms with van der Waals surface area (Å²) in [7, 11) is 1.46. The fourth-order valence-electron chi connectivity index (χ4n) is 1.08. The fraction of sp³-hybridized carbons (Fsp3) is 0.273. The van der Waals surface area contributed by atoms with Crippen molar-refractivity contribution < 1.29 is 14.3 Å². The van der Waals surface area contributed by atoms with Gasteiger partial charge < -0.3 is 15.2 Å². The quantitative estimate of drug-likeness (QED) is 0.813. The van der Waals surface area contributed by atoms with Gasteiger partial charge in [0.05, 0.1) is 18.7 Å². The SMILES string of the molecule is COc1cc(C#N)ccc1O[C@@H](C)C(N)=O. The lowest BCUT2D eigenvalue weighted by molar-refractivity contribution is -0.124. The maximum atomic E-state index is 10.8. The number of nitrogens with two attached hydrogens (primary N) is 1. The molecule has 0 spiro atoms. The van der Waals surface area contributed by atoms with Crippen LogP contribution in [0.2, 0.25) is 0 Å². The minimum Gasteiger partial charge on any atom is -0.493 e. The summed E-state index contributed by atoms with van der Waals surface area (Å²) in [6.07, 6.45) is -0.748. The summed E-state index contributed by atoms with van der Waals surface area (Å²) >= 11 is 0. The average molecular weight is 220 g/mol. The first-order valence-electron chi connectivity index (χ1n) is 4.62. The highest BCUT2D eigenvalue weighted by Crippen LogP contribution is 2.28. The van der Waals surface area contributed by atoms with E-state index in [1.807, 2.05) is 6.07 Å². The van der Waals surface area contributed by atoms with Crippen LogP contribution in [-0.4, -0.2) is 19.1 Å². The van der Waals surface area contributed by atoms with E-state index in [1.54, 1.807) is 19.1 Å². The number of carbonyl (C=O) groups is 1. The predicted octanol–water partition coefficient (Wildman–Crippen LogP) is 0.819. The normalized spacial score (nSPS) is 11.3. The van der Waals surface area contributed by atoms with Gasteiger partial charge in [-0.3, -0.25) is 4.79 Å². The molecule has 1 amide bonds. The Kier molecular flexibility index (Phi) is 3.72. The number of amides is 1. The maximum Gasteiger partial charge on any atom is 0.258 e. The molecule has 1 aromatic carbocycles. The minimum absolute atomic E-state index is 0.382. The van der Waals surface area contributed by atoms with Crippen LogP contribution < -0.4 is 15.2 Å². The number of hydrogen-bond donors (Lipinski definition) is 1. The van der Waals surface area contributed by atoms with Gasteiger partial charge in [0.2, 0.25) is 0 Å². The Balaban J connectivity index is 2.97. The highest BCUT2D eigenvalue weighted by atomic mass is 16.5. The zero-order chi connectivity index (χ0) is 12.1. The molecule has 0 fully saturated rings. The second-order valence-corrected chi connectivity index (χ2v) is 3.14. The standard InChI is InChI=1S/C11H12N2O3/c1-7(11(13)14)16-9-4-3-8(6-12)5-10(9)15-2/h3-5,7H,1-2H3,(H2,13,14)/t7-/m0/s1. The molecule has 0 aromatic heterocycles. The molecule has 2 N–H and O–H groups in total. The zero-order valence-electron chi connectivity index (χ0n) is 9.06. The Morgan fingerprint density at radius 1 is 1.50 bits per heavy atom. The maximum absolute atomic E-state index is 10.8. The molecule has 0 aliphatic rings. The van der Waals surface area contributed by atoms with Crippen LogP contribution in [0, 0.1) is 11.3 Å². The van der Waals surface area contributed by atoms with Gasteiger partial charge in [0.25, 0.3) is 5.91 Å². The lowest BCUT2D eigenvalue weighted by Crippen LogP contribution is -2.30. The van der Waals surface area contributed by atoms with Crippen LogP contribution in [0.25, 0.3) is 0 Å². The molecule has 0 saturated heterocycles. The van der Waals surface area contributed by atoms with E-state index in [-0.39, 0.29) is 0 Å². The van der Waals surface area contributed by atoms with E-state index in [0.29, 0.717) is 17.1 Å². The van der Waals surface area contributed by atoms with Gasteiger partial charge in [0, 0.05) is 6.07 Å². The number of methoxy groups -OCH3 is 1. The van der Waals surface area contributed by atoms with Crippen molar-refractivity contribution >= 4 is 5.91 Å². The predicted molar refractivity (Wildman–Crippen MR) is 57.0 cm³/mol. The molecular formula is C11H12N2O3. The number of ether oxygens (including phenoxy) is 2. The molecule has 16 heavy (non-hydrogen) atoms. The van der Waals surface area contributed by atoms with Crippen molar-refractivity contribution in [2.24, 2.45) is 5.73 Å². The first-order valence-corrected chi connectivity index (χ1v) is 4.62. The summed E-state index contributed by atoms with van der Waals surface area (Å²) in [5.74, 6) is 0.214. The average Bonchev–Trinajstić information content (AvgIpc) is 2.29. The molecular weight excluding hydrogens is 208 g/mol. The van der Waals surface area contributed by atoms with E-state index in [1.165, 1.54) is 13.2 Å². The molecule has 5 nitrogen and oxygen atoms in total. The summed E-state index contributed by atoms with van der Waals surface area (Å²) in [6.45, 7) is 1.54. The molecule has 1 atom stereocenters. The Labute approximate surface area is 93.4 Å². The molecule has 84 valence electrons. The topological polar surface area (TPSA) is 85.3 Å². The van der Waals surface area contributed by atoms with Crippen molar-refractivity contribution in [2.75, 3.05) is 7.11 Å². The van der Waals surface area contributed by atoms with E-state index in [4.69, 9.17) is 20.5 Å². The largest absolute Gasteiger partial charge is 0.493 e. The molecule has 0 heterocycles. The van der Waals surface area contributed by atoms with Crippen molar-refractivity contribution in [1.29, 1.82) is 5.26 Å². The van der Waals surface area contributed by atoms with Crippen molar-refractivity contribution in [2.45, 2.75) is 13.0 Å². The molecule has 0 radical (unpaired) electrons. The molecule has 0 saturated carbocycles. The smallest absolute Gasteiger partial charge is 0.258 e. The molecule has 0 bridgehead atoms. The van der Waals surface area contributed by atoms with Crippen molar-refractivity contribution in [3.63, 3.8) is 0 Å². The van der Waals surface area contributed by atoms with Gasteiger partial charge >= 0.3 is 0 Å². The summed E-state index contributed by atoms with van der Waals surface area (Å²) in [5.41, 5.74) is 5.53. The number of carbonyl (C=O) groups excluding carboxylic acids is 1. The van der Waals surface area contributed by atoms with Crippen LogP contribution in [0.1, 0.15) is 12.5 Å². The van der Waals surface area contributed by atoms with Crippen LogP contribution >= 0.6 is 0 Å². The minimum atomic E-state index is -0.748. The number of nitrogens with zero attached hydrogens (tertiary/aromatic N) is 1. The van der Waals surface area contributed by atoms with Crippen LogP contribution in [0.3, 0.4) is 0 Å². The monoisotopic (exact) mass is 220 g/mol. The Morgan fingerprint density at radius 3 is 2.69 bits per heavy atom. The van der Waals surface area contributed by atoms with Gasteiger partial charge in [0.15, 0.2) is 17.6 Å². The molecule has 0 aliphatic heterocycles. The van der Waals surface area contributed by atoms with Crippen LogP contribution in [-0.2, 0) is 4.79 Å². The third kappa shape index (κ3) is 2.64. The van der Waals surface area contributed by atoms with Crippen molar-refractivity contribution in [3.05, 3.63) is 23.8 Å². The molecule has 5 heteroatoms. The van der Waals surface area contributed by atoms with Gasteiger partial charge in [0.1, 0.15) is 0 Å². The van der Waals surface area contributed by atoms with Gasteiger partial charge in [-0.1, -0.05) is 0 Å². The lowest BCUT2D eigenvalue weighted by atomic mass is 10.2. The van der Waals surface area contributed by atoms with Crippen LogP contribution in [0.5, 0.6) is 11.5 Å². The van der Waals surface area contributed by atoms with Crippen molar-refractivity contribution in [3.8, 4) is 17.6 Å². The summed E-state index contributed by atoms with van der Waals surface area (Å²) < 4.78 is 10.3. The zero-order valence-corrected chi connectivity index (χ0v) is 9.06. The molecule has 0 unspecified atom stereocenters. The Morgan fingerprint density at radius 2 is 2.19 bits per heavy atom. The fourth-order valence-corrected chi connectivity index (χ4v) is 1.08. The second-order valence-electron chi connectivity index (χ2n) is 3.14. The van der Waals surface area contributed by atoms with Crippen LogP contribution in [0.15, 0.2) is 18.2 Å². The molecule has 0 aliphatic carbocycles. The van der Waals surface area contributed by atoms with E-state index >= 15 is 0 Å². The lowest BCUT2D eigenvalue weighted by Gasteiger charge is -2.14. The van der Waals surface area contributed by atoms with E-state index in [2.05, 4.69) is 0 Å². The third-order valence-electron chi connectivity index (χ3n) is 2.00. The molecule has 1 rings (SSSR count). The number of nitriles is 1. The highest BCUT2D eigenvalue weighted by Gasteiger charge is 2.13. The summed E-state index contributed by atoms with van der Waals surface area (Å²) in [6, 6.07) is 6.65. The third-order valence-corrected chi connectivity index (χ3v) is 2.00. The van der Waals surface area contributed by atoms with Crippen LogP contribution in [0.4, 0.5) is 0 Å². The number of benzene rings is 1. The van der Waals surface area contributed by atoms with Gasteiger partial charge in [-0.15, -0.1) is 0 Å². The summed E-state index contributed by atoms with van der Waals surface area (Å²) in [4.78, 5) is 10.8. The van der Waals surface area contributed by atoms with Gasteiger partial charge in [-0.25, -0.2) is 0 Å². The first kappa shape index (κ1) is 11.9. The highest BCUT2D eigenvalue weighted by molar-refractivity contribution is 5.78. The Hall–Kier alpha value is -2.22. The van der Waals surface area contributed by atoms with Gasteiger partial charge in [-0.05, 0) is 19.1 Å². The summed E-state index contributed by atoms with van der Waals surface area (Å²) in [5, 5.41) is 8.70. The van der Waals surface area contributed by atoms with E-state index in [9.17, 15) is 4.79 Å². The number of hydrogen-bond acceptors (Lipinski definition) is 4. The number of primary amides is 1. The van der Waals surface area contributed by atoms with Gasteiger partial charge in [-0.2, -0.15) is 5.26 Å². The molecule has 1 aromatic rings. The van der Waals surface area contributed by atoms with E-state index in [0.717, 1.165) is 0 Å². The Bertz CT molecular complexity index is 437. The first-order chi connectivity index (χ1) is 7.58.